The van der Waals surface area contributed by atoms with Crippen molar-refractivity contribution in [1.29, 1.82) is 0 Å². The van der Waals surface area contributed by atoms with E-state index in [0.29, 0.717) is 6.04 Å². The third-order valence-corrected chi connectivity index (χ3v) is 5.05. The molecular formula is C18H23N3. The number of benzene rings is 1. The molecule has 0 amide bonds. The third kappa shape index (κ3) is 2.69. The monoisotopic (exact) mass is 281 g/mol. The molecule has 0 aliphatic heterocycles. The van der Waals surface area contributed by atoms with Crippen LogP contribution in [0.15, 0.2) is 24.4 Å². The van der Waals surface area contributed by atoms with Gasteiger partial charge in [-0.15, -0.1) is 0 Å². The summed E-state index contributed by atoms with van der Waals surface area (Å²) in [7, 11) is 2.25. The van der Waals surface area contributed by atoms with E-state index in [9.17, 15) is 0 Å². The van der Waals surface area contributed by atoms with E-state index in [1.807, 2.05) is 18.2 Å². The van der Waals surface area contributed by atoms with E-state index in [1.54, 1.807) is 0 Å². The van der Waals surface area contributed by atoms with Crippen LogP contribution in [0.3, 0.4) is 0 Å². The van der Waals surface area contributed by atoms with Gasteiger partial charge in [-0.3, -0.25) is 0 Å². The Bertz CT molecular complexity index is 665. The Morgan fingerprint density at radius 3 is 3.00 bits per heavy atom. The second kappa shape index (κ2) is 5.91. The zero-order valence-electron chi connectivity index (χ0n) is 12.9. The van der Waals surface area contributed by atoms with E-state index in [4.69, 9.17) is 6.57 Å². The molecule has 2 unspecified atom stereocenters. The van der Waals surface area contributed by atoms with Crippen LogP contribution in [0.5, 0.6) is 0 Å². The maximum absolute atomic E-state index is 7.19. The zero-order chi connectivity index (χ0) is 14.8. The lowest BCUT2D eigenvalue weighted by Crippen LogP contribution is -2.35. The normalized spacial score (nSPS) is 22.0. The Kier molecular flexibility index (Phi) is 3.98. The SMILES string of the molecule is [C-]#[N+]c1ccc2[nH]cc(CC3CCCC3N(C)CC)c2c1. The highest BCUT2D eigenvalue weighted by molar-refractivity contribution is 5.86. The smallest absolute Gasteiger partial charge is 0.187 e. The molecule has 1 heterocycles. The number of fused-ring (bicyclic) bond motifs is 1. The highest BCUT2D eigenvalue weighted by atomic mass is 15.1. The Hall–Kier alpha value is -1.79. The third-order valence-electron chi connectivity index (χ3n) is 5.05. The lowest BCUT2D eigenvalue weighted by atomic mass is 9.93. The average molecular weight is 281 g/mol. The summed E-state index contributed by atoms with van der Waals surface area (Å²) in [6.07, 6.45) is 7.25. The van der Waals surface area contributed by atoms with Gasteiger partial charge in [0.1, 0.15) is 0 Å². The van der Waals surface area contributed by atoms with Crippen LogP contribution >= 0.6 is 0 Å². The minimum absolute atomic E-state index is 0.712. The first-order valence-corrected chi connectivity index (χ1v) is 7.90. The van der Waals surface area contributed by atoms with Crippen molar-refractivity contribution in [2.75, 3.05) is 13.6 Å². The molecular weight excluding hydrogens is 258 g/mol. The van der Waals surface area contributed by atoms with Crippen molar-refractivity contribution in [2.24, 2.45) is 5.92 Å². The Morgan fingerprint density at radius 1 is 1.38 bits per heavy atom. The Morgan fingerprint density at radius 2 is 2.24 bits per heavy atom. The first-order chi connectivity index (χ1) is 10.2. The van der Waals surface area contributed by atoms with Crippen LogP contribution in [0.2, 0.25) is 0 Å². The minimum Gasteiger partial charge on any atom is -0.361 e. The van der Waals surface area contributed by atoms with Crippen LogP contribution in [0, 0.1) is 12.5 Å². The van der Waals surface area contributed by atoms with E-state index >= 15 is 0 Å². The molecule has 2 atom stereocenters. The van der Waals surface area contributed by atoms with Crippen LogP contribution < -0.4 is 0 Å². The summed E-state index contributed by atoms with van der Waals surface area (Å²) in [4.78, 5) is 9.41. The molecule has 3 rings (SSSR count). The summed E-state index contributed by atoms with van der Waals surface area (Å²) in [5, 5.41) is 1.23. The Balaban J connectivity index is 1.86. The molecule has 0 radical (unpaired) electrons. The van der Waals surface area contributed by atoms with Gasteiger partial charge >= 0.3 is 0 Å². The van der Waals surface area contributed by atoms with Gasteiger partial charge in [0.25, 0.3) is 0 Å². The molecule has 1 aromatic heterocycles. The maximum Gasteiger partial charge on any atom is 0.187 e. The molecule has 1 aliphatic rings. The van der Waals surface area contributed by atoms with Crippen molar-refractivity contribution in [3.8, 4) is 0 Å². The number of hydrogen-bond donors (Lipinski definition) is 1. The van der Waals surface area contributed by atoms with E-state index in [1.165, 1.54) is 30.2 Å². The first kappa shape index (κ1) is 14.2. The summed E-state index contributed by atoms with van der Waals surface area (Å²) < 4.78 is 0. The number of nitrogens with zero attached hydrogens (tertiary/aromatic N) is 2. The van der Waals surface area contributed by atoms with Gasteiger partial charge in [0.2, 0.25) is 0 Å². The largest absolute Gasteiger partial charge is 0.361 e. The maximum atomic E-state index is 7.19. The molecule has 3 nitrogen and oxygen atoms in total. The summed E-state index contributed by atoms with van der Waals surface area (Å²) in [6.45, 7) is 10.5. The molecule has 0 spiro atoms. The first-order valence-electron chi connectivity index (χ1n) is 7.90. The molecule has 2 aromatic rings. The highest BCUT2D eigenvalue weighted by Crippen LogP contribution is 2.34. The molecule has 1 aromatic carbocycles. The van der Waals surface area contributed by atoms with Gasteiger partial charge in [0.15, 0.2) is 5.69 Å². The number of aromatic amines is 1. The van der Waals surface area contributed by atoms with E-state index < -0.39 is 0 Å². The van der Waals surface area contributed by atoms with Crippen molar-refractivity contribution in [3.63, 3.8) is 0 Å². The Labute approximate surface area is 126 Å². The van der Waals surface area contributed by atoms with Gasteiger partial charge in [-0.05, 0) is 61.9 Å². The second-order valence-electron chi connectivity index (χ2n) is 6.19. The van der Waals surface area contributed by atoms with Crippen molar-refractivity contribution in [2.45, 2.75) is 38.6 Å². The molecule has 110 valence electrons. The summed E-state index contributed by atoms with van der Waals surface area (Å²) in [5.74, 6) is 0.741. The molecule has 1 fully saturated rings. The minimum atomic E-state index is 0.712. The fraction of sp³-hybridized carbons (Fsp3) is 0.500. The van der Waals surface area contributed by atoms with E-state index in [2.05, 4.69) is 34.9 Å². The van der Waals surface area contributed by atoms with Crippen molar-refractivity contribution >= 4 is 16.6 Å². The highest BCUT2D eigenvalue weighted by Gasteiger charge is 2.30. The summed E-state index contributed by atoms with van der Waals surface area (Å²) in [5.41, 5.74) is 3.25. The van der Waals surface area contributed by atoms with E-state index in [0.717, 1.165) is 30.1 Å². The van der Waals surface area contributed by atoms with E-state index in [-0.39, 0.29) is 0 Å². The average Bonchev–Trinajstić information content (AvgIpc) is 3.14. The molecule has 0 bridgehead atoms. The standard InChI is InChI=1S/C18H23N3/c1-4-21(3)18-7-5-6-13(18)10-14-12-20-17-9-8-15(19-2)11-16(14)17/h8-9,11-13,18,20H,4-7,10H2,1,3H3. The molecule has 21 heavy (non-hydrogen) atoms. The quantitative estimate of drug-likeness (QED) is 0.826. The van der Waals surface area contributed by atoms with Crippen LogP contribution in [-0.4, -0.2) is 29.5 Å². The van der Waals surface area contributed by atoms with Crippen molar-refractivity contribution in [1.82, 2.24) is 9.88 Å². The lowest BCUT2D eigenvalue weighted by Gasteiger charge is -2.28. The topological polar surface area (TPSA) is 23.4 Å². The molecule has 1 aliphatic carbocycles. The van der Waals surface area contributed by atoms with Crippen LogP contribution in [-0.2, 0) is 6.42 Å². The molecule has 1 saturated carbocycles. The van der Waals surface area contributed by atoms with Crippen LogP contribution in [0.1, 0.15) is 31.7 Å². The predicted molar refractivity (Wildman–Crippen MR) is 87.7 cm³/mol. The predicted octanol–water partition coefficient (Wildman–Crippen LogP) is 4.38. The fourth-order valence-electron chi connectivity index (χ4n) is 3.76. The van der Waals surface area contributed by atoms with Crippen LogP contribution in [0.4, 0.5) is 5.69 Å². The zero-order valence-corrected chi connectivity index (χ0v) is 12.9. The van der Waals surface area contributed by atoms with Crippen molar-refractivity contribution < 1.29 is 0 Å². The number of nitrogens with one attached hydrogen (secondary N) is 1. The van der Waals surface area contributed by atoms with Gasteiger partial charge in [-0.2, -0.15) is 0 Å². The lowest BCUT2D eigenvalue weighted by molar-refractivity contribution is 0.206. The molecule has 1 N–H and O–H groups in total. The summed E-state index contributed by atoms with van der Waals surface area (Å²) >= 11 is 0. The number of rotatable bonds is 4. The number of H-pyrrole nitrogens is 1. The number of hydrogen-bond acceptors (Lipinski definition) is 1. The molecule has 3 heteroatoms. The van der Waals surface area contributed by atoms with Gasteiger partial charge in [0.05, 0.1) is 6.57 Å². The summed E-state index contributed by atoms with van der Waals surface area (Å²) in [6, 6.07) is 6.65. The van der Waals surface area contributed by atoms with Gasteiger partial charge < -0.3 is 9.88 Å². The van der Waals surface area contributed by atoms with Gasteiger partial charge in [0, 0.05) is 17.8 Å². The van der Waals surface area contributed by atoms with Crippen LogP contribution in [0.25, 0.3) is 15.7 Å². The van der Waals surface area contributed by atoms with Gasteiger partial charge in [-0.1, -0.05) is 19.4 Å². The number of aromatic nitrogens is 1. The van der Waals surface area contributed by atoms with Gasteiger partial charge in [-0.25, -0.2) is 4.85 Å². The van der Waals surface area contributed by atoms with Crippen molar-refractivity contribution in [3.05, 3.63) is 41.4 Å². The fourth-order valence-corrected chi connectivity index (χ4v) is 3.76. The molecule has 0 saturated heterocycles. The second-order valence-corrected chi connectivity index (χ2v) is 6.19.